The fraction of sp³-hybridized carbons (Fsp3) is 0.478. The lowest BCUT2D eigenvalue weighted by Gasteiger charge is -2.39. The second-order valence-electron chi connectivity index (χ2n) is 7.34. The fourth-order valence-corrected chi connectivity index (χ4v) is 4.11. The molecule has 3 nitrogen and oxygen atoms in total. The van der Waals surface area contributed by atoms with Crippen LogP contribution in [0.2, 0.25) is 0 Å². The lowest BCUT2D eigenvalue weighted by Crippen LogP contribution is -2.43. The van der Waals surface area contributed by atoms with Crippen molar-refractivity contribution in [2.24, 2.45) is 5.92 Å². The van der Waals surface area contributed by atoms with Gasteiger partial charge in [0.15, 0.2) is 0 Å². The third kappa shape index (κ3) is 4.66. The van der Waals surface area contributed by atoms with E-state index in [0.717, 1.165) is 24.8 Å². The highest BCUT2D eigenvalue weighted by Gasteiger charge is 2.28. The molecule has 0 aliphatic carbocycles. The van der Waals surface area contributed by atoms with E-state index in [4.69, 9.17) is 9.47 Å². The van der Waals surface area contributed by atoms with Crippen LogP contribution in [0.4, 0.5) is 0 Å². The minimum absolute atomic E-state index is 0.0894. The highest BCUT2D eigenvalue weighted by Crippen LogP contribution is 2.30. The summed E-state index contributed by atoms with van der Waals surface area (Å²) >= 11 is 0. The van der Waals surface area contributed by atoms with Crippen molar-refractivity contribution in [2.75, 3.05) is 27.3 Å². The van der Waals surface area contributed by atoms with E-state index in [1.165, 1.54) is 30.4 Å². The third-order valence-electron chi connectivity index (χ3n) is 5.73. The Morgan fingerprint density at radius 2 is 1.62 bits per heavy atom. The van der Waals surface area contributed by atoms with E-state index >= 15 is 0 Å². The molecule has 26 heavy (non-hydrogen) atoms. The molecule has 0 N–H and O–H groups in total. The number of hydrogen-bond acceptors (Lipinski definition) is 3. The van der Waals surface area contributed by atoms with Crippen LogP contribution in [0.1, 0.15) is 37.0 Å². The number of rotatable bonds is 7. The Kier molecular flexibility index (Phi) is 6.70. The number of nitrogens with zero attached hydrogens (tertiary/aromatic N) is 1. The molecule has 0 spiro atoms. The van der Waals surface area contributed by atoms with Crippen LogP contribution in [0.5, 0.6) is 5.75 Å². The normalized spacial score (nSPS) is 18.4. The van der Waals surface area contributed by atoms with Gasteiger partial charge in [0.25, 0.3) is 0 Å². The molecule has 2 atom stereocenters. The largest absolute Gasteiger partial charge is 0.497 e. The summed E-state index contributed by atoms with van der Waals surface area (Å²) in [6.45, 7) is 4.58. The summed E-state index contributed by atoms with van der Waals surface area (Å²) in [5, 5.41) is 0. The van der Waals surface area contributed by atoms with Gasteiger partial charge in [0.1, 0.15) is 5.75 Å². The van der Waals surface area contributed by atoms with Crippen molar-refractivity contribution in [3.8, 4) is 5.75 Å². The molecule has 1 saturated heterocycles. The van der Waals surface area contributed by atoms with Gasteiger partial charge in [-0.05, 0) is 68.5 Å². The molecule has 1 aliphatic heterocycles. The quantitative estimate of drug-likeness (QED) is 0.718. The van der Waals surface area contributed by atoms with Gasteiger partial charge in [-0.3, -0.25) is 4.90 Å². The maximum absolute atomic E-state index is 5.86. The Balaban J connectivity index is 1.56. The molecule has 140 valence electrons. The van der Waals surface area contributed by atoms with E-state index in [-0.39, 0.29) is 6.10 Å². The summed E-state index contributed by atoms with van der Waals surface area (Å²) in [4.78, 5) is 2.58. The van der Waals surface area contributed by atoms with E-state index < -0.39 is 0 Å². The van der Waals surface area contributed by atoms with Gasteiger partial charge in [0.05, 0.1) is 13.2 Å². The molecular weight excluding hydrogens is 322 g/mol. The predicted octanol–water partition coefficient (Wildman–Crippen LogP) is 4.73. The van der Waals surface area contributed by atoms with Gasteiger partial charge in [0.2, 0.25) is 0 Å². The van der Waals surface area contributed by atoms with Gasteiger partial charge in [-0.1, -0.05) is 42.5 Å². The minimum atomic E-state index is 0.0894. The van der Waals surface area contributed by atoms with Gasteiger partial charge in [-0.2, -0.15) is 0 Å². The van der Waals surface area contributed by atoms with Crippen molar-refractivity contribution in [2.45, 2.75) is 38.3 Å². The van der Waals surface area contributed by atoms with E-state index in [2.05, 4.69) is 54.3 Å². The number of benzene rings is 2. The topological polar surface area (TPSA) is 21.7 Å². The molecule has 1 fully saturated rings. The number of piperidine rings is 1. The van der Waals surface area contributed by atoms with E-state index in [1.54, 1.807) is 7.11 Å². The average molecular weight is 354 g/mol. The van der Waals surface area contributed by atoms with Crippen molar-refractivity contribution >= 4 is 0 Å². The molecule has 3 heteroatoms. The fourth-order valence-electron chi connectivity index (χ4n) is 4.11. The zero-order chi connectivity index (χ0) is 18.4. The summed E-state index contributed by atoms with van der Waals surface area (Å²) < 4.78 is 11.1. The first-order valence-electron chi connectivity index (χ1n) is 9.66. The maximum Gasteiger partial charge on any atom is 0.118 e. The first-order valence-corrected chi connectivity index (χ1v) is 9.66. The lowest BCUT2D eigenvalue weighted by molar-refractivity contribution is 0.00672. The summed E-state index contributed by atoms with van der Waals surface area (Å²) in [6, 6.07) is 19.5. The van der Waals surface area contributed by atoms with Crippen molar-refractivity contribution in [1.29, 1.82) is 0 Å². The number of likely N-dealkylation sites (tertiary alicyclic amines) is 1. The first kappa shape index (κ1) is 18.9. The minimum Gasteiger partial charge on any atom is -0.497 e. The molecule has 3 rings (SSSR count). The predicted molar refractivity (Wildman–Crippen MR) is 107 cm³/mol. The van der Waals surface area contributed by atoms with Crippen molar-refractivity contribution < 1.29 is 9.47 Å². The smallest absolute Gasteiger partial charge is 0.118 e. The van der Waals surface area contributed by atoms with E-state index in [0.29, 0.717) is 6.04 Å². The monoisotopic (exact) mass is 353 g/mol. The van der Waals surface area contributed by atoms with Gasteiger partial charge in [-0.25, -0.2) is 0 Å². The zero-order valence-corrected chi connectivity index (χ0v) is 16.2. The number of methoxy groups -OCH3 is 2. The first-order chi connectivity index (χ1) is 12.7. The Labute approximate surface area is 157 Å². The molecule has 0 saturated carbocycles. The molecule has 0 aromatic heterocycles. The van der Waals surface area contributed by atoms with Gasteiger partial charge in [-0.15, -0.1) is 0 Å². The van der Waals surface area contributed by atoms with Crippen LogP contribution in [0, 0.1) is 5.92 Å². The van der Waals surface area contributed by atoms with Gasteiger partial charge >= 0.3 is 0 Å². The van der Waals surface area contributed by atoms with Crippen LogP contribution in [-0.4, -0.2) is 38.3 Å². The van der Waals surface area contributed by atoms with Crippen LogP contribution >= 0.6 is 0 Å². The van der Waals surface area contributed by atoms with E-state index in [1.807, 2.05) is 19.2 Å². The standard InChI is InChI=1S/C23H31NO2/c1-18(23(26-3)21-9-11-22(25-2)12-10-21)24-15-13-20(14-16-24)17-19-7-5-4-6-8-19/h4-12,18,20,23H,13-17H2,1-3H3. The van der Waals surface area contributed by atoms with Crippen LogP contribution < -0.4 is 4.74 Å². The highest BCUT2D eigenvalue weighted by molar-refractivity contribution is 5.29. The van der Waals surface area contributed by atoms with Crippen LogP contribution in [0.25, 0.3) is 0 Å². The maximum atomic E-state index is 5.86. The molecule has 2 aromatic carbocycles. The Hall–Kier alpha value is -1.84. The molecule has 2 aromatic rings. The van der Waals surface area contributed by atoms with Crippen LogP contribution in [0.3, 0.4) is 0 Å². The summed E-state index contributed by atoms with van der Waals surface area (Å²) in [7, 11) is 3.51. The zero-order valence-electron chi connectivity index (χ0n) is 16.2. The van der Waals surface area contributed by atoms with Crippen molar-refractivity contribution in [3.63, 3.8) is 0 Å². The van der Waals surface area contributed by atoms with Crippen LogP contribution in [0.15, 0.2) is 54.6 Å². The molecular formula is C23H31NO2. The average Bonchev–Trinajstić information content (AvgIpc) is 2.70. The molecule has 1 aliphatic rings. The van der Waals surface area contributed by atoms with Crippen LogP contribution in [-0.2, 0) is 11.2 Å². The van der Waals surface area contributed by atoms with Gasteiger partial charge in [0, 0.05) is 13.2 Å². The number of hydrogen-bond donors (Lipinski definition) is 0. The van der Waals surface area contributed by atoms with E-state index in [9.17, 15) is 0 Å². The molecule has 0 bridgehead atoms. The Bertz CT molecular complexity index is 648. The number of ether oxygens (including phenoxy) is 2. The second-order valence-corrected chi connectivity index (χ2v) is 7.34. The third-order valence-corrected chi connectivity index (χ3v) is 5.73. The second kappa shape index (κ2) is 9.20. The highest BCUT2D eigenvalue weighted by atomic mass is 16.5. The molecule has 1 heterocycles. The Morgan fingerprint density at radius 1 is 0.962 bits per heavy atom. The van der Waals surface area contributed by atoms with Crippen molar-refractivity contribution in [3.05, 3.63) is 65.7 Å². The summed E-state index contributed by atoms with van der Waals surface area (Å²) in [6.07, 6.45) is 3.82. The lowest BCUT2D eigenvalue weighted by atomic mass is 9.89. The molecule has 0 radical (unpaired) electrons. The van der Waals surface area contributed by atoms with Gasteiger partial charge < -0.3 is 9.47 Å². The Morgan fingerprint density at radius 3 is 2.19 bits per heavy atom. The van der Waals surface area contributed by atoms with Crippen molar-refractivity contribution in [1.82, 2.24) is 4.90 Å². The summed E-state index contributed by atoms with van der Waals surface area (Å²) in [5.74, 6) is 1.68. The molecule has 0 amide bonds. The summed E-state index contributed by atoms with van der Waals surface area (Å²) in [5.41, 5.74) is 2.68. The SMILES string of the molecule is COc1ccc(C(OC)C(C)N2CCC(Cc3ccccc3)CC2)cc1. The molecule has 2 unspecified atom stereocenters.